The minimum Gasteiger partial charge on any atom is -0.349 e. The van der Waals surface area contributed by atoms with E-state index in [0.29, 0.717) is 6.04 Å². The summed E-state index contributed by atoms with van der Waals surface area (Å²) in [4.78, 5) is 11.3. The van der Waals surface area contributed by atoms with Gasteiger partial charge in [0, 0.05) is 0 Å². The van der Waals surface area contributed by atoms with Crippen molar-refractivity contribution in [1.29, 1.82) is 0 Å². The second-order valence-corrected chi connectivity index (χ2v) is 3.48. The first-order chi connectivity index (χ1) is 5.86. The zero-order valence-electron chi connectivity index (χ0n) is 6.58. The van der Waals surface area contributed by atoms with E-state index in [1.807, 2.05) is 12.1 Å². The van der Waals surface area contributed by atoms with E-state index in [9.17, 15) is 4.79 Å². The highest BCUT2D eigenvalue weighted by molar-refractivity contribution is 5.89. The molecule has 1 aromatic carbocycles. The molecule has 0 aromatic heterocycles. The lowest BCUT2D eigenvalue weighted by molar-refractivity contribution is -0.120. The molecule has 0 radical (unpaired) electrons. The number of carbonyl (C=O) groups is 1. The van der Waals surface area contributed by atoms with Gasteiger partial charge >= 0.3 is 0 Å². The van der Waals surface area contributed by atoms with Gasteiger partial charge in [-0.3, -0.25) is 4.79 Å². The number of benzene rings is 1. The van der Waals surface area contributed by atoms with E-state index in [4.69, 9.17) is 0 Å². The first-order valence-electron chi connectivity index (χ1n) is 4.25. The van der Waals surface area contributed by atoms with Gasteiger partial charge in [0.25, 0.3) is 0 Å². The predicted octanol–water partition coefficient (Wildman–Crippen LogP) is 1.34. The topological polar surface area (TPSA) is 29.1 Å². The second kappa shape index (κ2) is 1.89. The molecule has 1 saturated heterocycles. The van der Waals surface area contributed by atoms with E-state index in [2.05, 4.69) is 17.4 Å². The third-order valence-corrected chi connectivity index (χ3v) is 2.85. The maximum absolute atomic E-state index is 11.3. The Balaban J connectivity index is 2.23. The third kappa shape index (κ3) is 0.583. The van der Waals surface area contributed by atoms with Crippen molar-refractivity contribution in [2.45, 2.75) is 18.4 Å². The molecule has 12 heavy (non-hydrogen) atoms. The van der Waals surface area contributed by atoms with Gasteiger partial charge in [-0.05, 0) is 17.5 Å². The fourth-order valence-electron chi connectivity index (χ4n) is 2.29. The highest BCUT2D eigenvalue weighted by Crippen LogP contribution is 2.44. The molecular formula is C10H9NO. The van der Waals surface area contributed by atoms with E-state index >= 15 is 0 Å². The molecule has 2 aliphatic rings. The highest BCUT2D eigenvalue weighted by Gasteiger charge is 2.42. The van der Waals surface area contributed by atoms with Crippen LogP contribution in [0, 0.1) is 0 Å². The molecule has 1 heterocycles. The van der Waals surface area contributed by atoms with Crippen LogP contribution in [-0.2, 0) is 4.79 Å². The van der Waals surface area contributed by atoms with Gasteiger partial charge in [0.05, 0.1) is 12.0 Å². The Morgan fingerprint density at radius 1 is 1.25 bits per heavy atom. The number of fused-ring (bicyclic) bond motifs is 5. The molecule has 1 amide bonds. The van der Waals surface area contributed by atoms with Gasteiger partial charge < -0.3 is 5.32 Å². The summed E-state index contributed by atoms with van der Waals surface area (Å²) in [6.07, 6.45) is 0.970. The second-order valence-electron chi connectivity index (χ2n) is 3.48. The van der Waals surface area contributed by atoms with Crippen LogP contribution in [0.2, 0.25) is 0 Å². The van der Waals surface area contributed by atoms with Crippen molar-refractivity contribution in [2.75, 3.05) is 0 Å². The van der Waals surface area contributed by atoms with Crippen LogP contribution in [0.25, 0.3) is 0 Å². The molecular weight excluding hydrogens is 150 g/mol. The Hall–Kier alpha value is -1.31. The van der Waals surface area contributed by atoms with Crippen LogP contribution < -0.4 is 5.32 Å². The molecule has 3 rings (SSSR count). The number of nitrogens with one attached hydrogen (secondary N) is 1. The van der Waals surface area contributed by atoms with Gasteiger partial charge in [0.2, 0.25) is 5.91 Å². The first-order valence-corrected chi connectivity index (χ1v) is 4.25. The molecule has 2 atom stereocenters. The standard InChI is InChI=1S/C10H9NO/c12-10-8-5-9(11-10)7-4-2-1-3-6(7)8/h1-4,8-9H,5H2,(H,11,12)/t8-,9+/m0/s1. The summed E-state index contributed by atoms with van der Waals surface area (Å²) >= 11 is 0. The molecule has 1 aromatic rings. The molecule has 1 aliphatic heterocycles. The number of amides is 1. The summed E-state index contributed by atoms with van der Waals surface area (Å²) in [6.45, 7) is 0. The van der Waals surface area contributed by atoms with E-state index in [1.165, 1.54) is 11.1 Å². The first kappa shape index (κ1) is 6.23. The highest BCUT2D eigenvalue weighted by atomic mass is 16.2. The van der Waals surface area contributed by atoms with Gasteiger partial charge in [0.1, 0.15) is 0 Å². The Morgan fingerprint density at radius 3 is 2.83 bits per heavy atom. The molecule has 0 saturated carbocycles. The summed E-state index contributed by atoms with van der Waals surface area (Å²) in [5.74, 6) is 0.352. The smallest absolute Gasteiger partial charge is 0.228 e. The van der Waals surface area contributed by atoms with Crippen LogP contribution in [-0.4, -0.2) is 5.91 Å². The van der Waals surface area contributed by atoms with Crippen molar-refractivity contribution in [1.82, 2.24) is 5.32 Å². The minimum atomic E-state index is 0.145. The Labute approximate surface area is 70.6 Å². The van der Waals surface area contributed by atoms with Crippen molar-refractivity contribution in [3.8, 4) is 0 Å². The quantitative estimate of drug-likeness (QED) is 0.608. The molecule has 1 fully saturated rings. The molecule has 2 bridgehead atoms. The van der Waals surface area contributed by atoms with Crippen molar-refractivity contribution in [3.05, 3.63) is 35.4 Å². The lowest BCUT2D eigenvalue weighted by Gasteiger charge is -2.14. The molecule has 60 valence electrons. The maximum Gasteiger partial charge on any atom is 0.228 e. The summed E-state index contributed by atoms with van der Waals surface area (Å²) in [5.41, 5.74) is 2.56. The van der Waals surface area contributed by atoms with Gasteiger partial charge in [-0.25, -0.2) is 0 Å². The van der Waals surface area contributed by atoms with Crippen LogP contribution in [0.4, 0.5) is 0 Å². The normalized spacial score (nSPS) is 30.2. The Morgan fingerprint density at radius 2 is 2.00 bits per heavy atom. The summed E-state index contributed by atoms with van der Waals surface area (Å²) in [7, 11) is 0. The fraction of sp³-hybridized carbons (Fsp3) is 0.300. The average molecular weight is 159 g/mol. The van der Waals surface area contributed by atoms with Crippen molar-refractivity contribution < 1.29 is 4.79 Å². The largest absolute Gasteiger partial charge is 0.349 e. The van der Waals surface area contributed by atoms with E-state index in [-0.39, 0.29) is 11.8 Å². The maximum atomic E-state index is 11.3. The van der Waals surface area contributed by atoms with Gasteiger partial charge in [-0.2, -0.15) is 0 Å². The van der Waals surface area contributed by atoms with Crippen LogP contribution in [0.5, 0.6) is 0 Å². The van der Waals surface area contributed by atoms with Crippen molar-refractivity contribution in [2.24, 2.45) is 0 Å². The zero-order valence-corrected chi connectivity index (χ0v) is 6.58. The summed E-state index contributed by atoms with van der Waals surface area (Å²) < 4.78 is 0. The Kier molecular flexibility index (Phi) is 0.980. The predicted molar refractivity (Wildman–Crippen MR) is 44.7 cm³/mol. The van der Waals surface area contributed by atoms with E-state index in [1.54, 1.807) is 0 Å². The fourth-order valence-corrected chi connectivity index (χ4v) is 2.29. The molecule has 0 spiro atoms. The zero-order chi connectivity index (χ0) is 8.13. The monoisotopic (exact) mass is 159 g/mol. The Bertz CT molecular complexity index is 359. The van der Waals surface area contributed by atoms with Gasteiger partial charge in [-0.15, -0.1) is 0 Å². The van der Waals surface area contributed by atoms with Gasteiger partial charge in [0.15, 0.2) is 0 Å². The van der Waals surface area contributed by atoms with Crippen LogP contribution in [0.3, 0.4) is 0 Å². The van der Waals surface area contributed by atoms with Crippen LogP contribution >= 0.6 is 0 Å². The van der Waals surface area contributed by atoms with Crippen molar-refractivity contribution >= 4 is 5.91 Å². The van der Waals surface area contributed by atoms with E-state index in [0.717, 1.165) is 6.42 Å². The molecule has 0 unspecified atom stereocenters. The molecule has 2 heteroatoms. The van der Waals surface area contributed by atoms with Crippen LogP contribution in [0.15, 0.2) is 24.3 Å². The SMILES string of the molecule is O=C1N[C@@H]2C[C@H]1c1ccccc12. The number of hydrogen-bond acceptors (Lipinski definition) is 1. The lowest BCUT2D eigenvalue weighted by Crippen LogP contribution is -2.25. The number of hydrogen-bond donors (Lipinski definition) is 1. The van der Waals surface area contributed by atoms with E-state index < -0.39 is 0 Å². The third-order valence-electron chi connectivity index (χ3n) is 2.85. The van der Waals surface area contributed by atoms with Gasteiger partial charge in [-0.1, -0.05) is 24.3 Å². The molecule has 2 nitrogen and oxygen atoms in total. The van der Waals surface area contributed by atoms with Crippen LogP contribution in [0.1, 0.15) is 29.5 Å². The molecule has 1 aliphatic carbocycles. The molecule has 1 N–H and O–H groups in total. The minimum absolute atomic E-state index is 0.145. The lowest BCUT2D eigenvalue weighted by atomic mass is 10.00. The summed E-state index contributed by atoms with van der Waals surface area (Å²) in [6, 6.07) is 8.52. The summed E-state index contributed by atoms with van der Waals surface area (Å²) in [5, 5.41) is 2.97. The van der Waals surface area contributed by atoms with Crippen molar-refractivity contribution in [3.63, 3.8) is 0 Å². The number of carbonyl (C=O) groups excluding carboxylic acids is 1. The average Bonchev–Trinajstić information content (AvgIpc) is 2.62. The number of rotatable bonds is 0.